The van der Waals surface area contributed by atoms with Crippen LogP contribution in [-0.2, 0) is 4.79 Å². The molecule has 1 aromatic carbocycles. The Hall–Kier alpha value is -2.30. The first-order valence-corrected chi connectivity index (χ1v) is 7.89. The van der Waals surface area contributed by atoms with Gasteiger partial charge in [-0.15, -0.1) is 0 Å². The van der Waals surface area contributed by atoms with Crippen molar-refractivity contribution in [3.05, 3.63) is 35.1 Å². The van der Waals surface area contributed by atoms with Gasteiger partial charge in [-0.2, -0.15) is 0 Å². The van der Waals surface area contributed by atoms with E-state index >= 15 is 0 Å². The number of carbonyl (C=O) groups is 2. The molecule has 1 saturated heterocycles. The molecular weight excluding hydrogens is 294 g/mol. The van der Waals surface area contributed by atoms with Gasteiger partial charge in [-0.1, -0.05) is 6.92 Å². The second-order valence-corrected chi connectivity index (χ2v) is 6.55. The van der Waals surface area contributed by atoms with Crippen molar-refractivity contribution in [3.63, 3.8) is 0 Å². The van der Waals surface area contributed by atoms with Gasteiger partial charge >= 0.3 is 5.97 Å². The fraction of sp³-hybridized carbons (Fsp3) is 0.444. The fourth-order valence-corrected chi connectivity index (χ4v) is 3.26. The summed E-state index contributed by atoms with van der Waals surface area (Å²) in [5.41, 5.74) is 3.00. The van der Waals surface area contributed by atoms with Crippen LogP contribution in [0.15, 0.2) is 22.6 Å². The maximum atomic E-state index is 12.6. The van der Waals surface area contributed by atoms with Crippen LogP contribution < -0.4 is 0 Å². The molecule has 5 heteroatoms. The SMILES string of the molecule is Cc1cc2cc(C(=O)N3CCC(C(=O)O)C(C)C3)oc2cc1C. The van der Waals surface area contributed by atoms with Crippen molar-refractivity contribution >= 4 is 22.8 Å². The van der Waals surface area contributed by atoms with E-state index in [9.17, 15) is 14.7 Å². The van der Waals surface area contributed by atoms with Crippen LogP contribution in [0.1, 0.15) is 35.0 Å². The van der Waals surface area contributed by atoms with Gasteiger partial charge in [0.2, 0.25) is 0 Å². The molecule has 0 bridgehead atoms. The van der Waals surface area contributed by atoms with Gasteiger partial charge in [0.15, 0.2) is 5.76 Å². The van der Waals surface area contributed by atoms with E-state index in [4.69, 9.17) is 4.42 Å². The first-order valence-electron chi connectivity index (χ1n) is 7.89. The molecule has 2 unspecified atom stereocenters. The van der Waals surface area contributed by atoms with Gasteiger partial charge in [0.1, 0.15) is 5.58 Å². The Morgan fingerprint density at radius 1 is 1.22 bits per heavy atom. The molecule has 2 heterocycles. The van der Waals surface area contributed by atoms with Gasteiger partial charge in [0.05, 0.1) is 5.92 Å². The molecule has 2 atom stereocenters. The quantitative estimate of drug-likeness (QED) is 0.923. The average Bonchev–Trinajstić information content (AvgIpc) is 2.89. The number of amides is 1. The first kappa shape index (κ1) is 15.6. The fourth-order valence-electron chi connectivity index (χ4n) is 3.26. The summed E-state index contributed by atoms with van der Waals surface area (Å²) in [6.45, 7) is 6.82. The lowest BCUT2D eigenvalue weighted by Gasteiger charge is -2.34. The Labute approximate surface area is 134 Å². The van der Waals surface area contributed by atoms with Crippen molar-refractivity contribution < 1.29 is 19.1 Å². The van der Waals surface area contributed by atoms with Crippen molar-refractivity contribution in [1.82, 2.24) is 4.90 Å². The number of aryl methyl sites for hydroxylation is 2. The van der Waals surface area contributed by atoms with Crippen LogP contribution in [0.25, 0.3) is 11.0 Å². The predicted octanol–water partition coefficient (Wildman–Crippen LogP) is 3.23. The number of hydrogen-bond acceptors (Lipinski definition) is 3. The molecule has 1 aromatic heterocycles. The van der Waals surface area contributed by atoms with Crippen LogP contribution in [0, 0.1) is 25.7 Å². The molecule has 2 aromatic rings. The monoisotopic (exact) mass is 315 g/mol. The summed E-state index contributed by atoms with van der Waals surface area (Å²) >= 11 is 0. The van der Waals surface area contributed by atoms with Crippen molar-refractivity contribution in [2.75, 3.05) is 13.1 Å². The third kappa shape index (κ3) is 2.83. The zero-order valence-electron chi connectivity index (χ0n) is 13.6. The summed E-state index contributed by atoms with van der Waals surface area (Å²) in [7, 11) is 0. The minimum absolute atomic E-state index is 0.0564. The lowest BCUT2D eigenvalue weighted by Crippen LogP contribution is -2.44. The Morgan fingerprint density at radius 2 is 1.91 bits per heavy atom. The summed E-state index contributed by atoms with van der Waals surface area (Å²) in [5, 5.41) is 10.1. The number of carboxylic acids is 1. The lowest BCUT2D eigenvalue weighted by molar-refractivity contribution is -0.145. The first-order chi connectivity index (χ1) is 10.9. The van der Waals surface area contributed by atoms with Gasteiger partial charge in [-0.25, -0.2) is 0 Å². The van der Waals surface area contributed by atoms with Crippen LogP contribution in [0.3, 0.4) is 0 Å². The van der Waals surface area contributed by atoms with Crippen LogP contribution in [-0.4, -0.2) is 35.0 Å². The third-order valence-electron chi connectivity index (χ3n) is 4.85. The standard InChI is InChI=1S/C18H21NO4/c1-10-6-13-8-16(23-15(13)7-11(10)2)17(20)19-5-4-14(18(21)22)12(3)9-19/h6-8,12,14H,4-5,9H2,1-3H3,(H,21,22). The predicted molar refractivity (Wildman–Crippen MR) is 86.5 cm³/mol. The summed E-state index contributed by atoms with van der Waals surface area (Å²) < 4.78 is 5.72. The van der Waals surface area contributed by atoms with E-state index in [0.717, 1.165) is 16.5 Å². The minimum atomic E-state index is -0.778. The number of benzene rings is 1. The van der Waals surface area contributed by atoms with E-state index in [1.54, 1.807) is 11.0 Å². The third-order valence-corrected chi connectivity index (χ3v) is 4.85. The molecule has 23 heavy (non-hydrogen) atoms. The van der Waals surface area contributed by atoms with E-state index in [-0.39, 0.29) is 17.7 Å². The molecule has 1 amide bonds. The number of nitrogens with zero attached hydrogens (tertiary/aromatic N) is 1. The highest BCUT2D eigenvalue weighted by Gasteiger charge is 2.34. The van der Waals surface area contributed by atoms with E-state index in [0.29, 0.717) is 30.9 Å². The summed E-state index contributed by atoms with van der Waals surface area (Å²) in [4.78, 5) is 25.5. The van der Waals surface area contributed by atoms with Gasteiger partial charge < -0.3 is 14.4 Å². The van der Waals surface area contributed by atoms with E-state index in [2.05, 4.69) is 0 Å². The second-order valence-electron chi connectivity index (χ2n) is 6.55. The Kier molecular flexibility index (Phi) is 3.88. The number of piperidine rings is 1. The smallest absolute Gasteiger partial charge is 0.306 e. The molecule has 1 fully saturated rings. The number of furan rings is 1. The molecule has 1 aliphatic heterocycles. The number of hydrogen-bond donors (Lipinski definition) is 1. The van der Waals surface area contributed by atoms with Crippen LogP contribution in [0.2, 0.25) is 0 Å². The molecular formula is C18H21NO4. The highest BCUT2D eigenvalue weighted by Crippen LogP contribution is 2.27. The average molecular weight is 315 g/mol. The minimum Gasteiger partial charge on any atom is -0.481 e. The van der Waals surface area contributed by atoms with Crippen molar-refractivity contribution in [2.24, 2.45) is 11.8 Å². The molecule has 5 nitrogen and oxygen atoms in total. The molecule has 0 saturated carbocycles. The molecule has 1 aliphatic rings. The highest BCUT2D eigenvalue weighted by molar-refractivity contribution is 5.96. The molecule has 0 spiro atoms. The highest BCUT2D eigenvalue weighted by atomic mass is 16.4. The Morgan fingerprint density at radius 3 is 2.57 bits per heavy atom. The molecule has 0 radical (unpaired) electrons. The normalized spacial score (nSPS) is 21.6. The number of aliphatic carboxylic acids is 1. The van der Waals surface area contributed by atoms with Crippen LogP contribution in [0.4, 0.5) is 0 Å². The van der Waals surface area contributed by atoms with Gasteiger partial charge in [0.25, 0.3) is 5.91 Å². The van der Waals surface area contributed by atoms with E-state index in [1.807, 2.05) is 32.9 Å². The number of carbonyl (C=O) groups excluding carboxylic acids is 1. The van der Waals surface area contributed by atoms with E-state index in [1.165, 1.54) is 0 Å². The largest absolute Gasteiger partial charge is 0.481 e. The maximum Gasteiger partial charge on any atom is 0.306 e. The van der Waals surface area contributed by atoms with Crippen molar-refractivity contribution in [2.45, 2.75) is 27.2 Å². The molecule has 3 rings (SSSR count). The van der Waals surface area contributed by atoms with E-state index < -0.39 is 5.97 Å². The summed E-state index contributed by atoms with van der Waals surface area (Å²) in [6.07, 6.45) is 0.487. The van der Waals surface area contributed by atoms with Crippen molar-refractivity contribution in [3.8, 4) is 0 Å². The van der Waals surface area contributed by atoms with Gasteiger partial charge in [0, 0.05) is 18.5 Å². The topological polar surface area (TPSA) is 70.8 Å². The number of rotatable bonds is 2. The van der Waals surface area contributed by atoms with Crippen LogP contribution >= 0.6 is 0 Å². The van der Waals surface area contributed by atoms with Crippen molar-refractivity contribution in [1.29, 1.82) is 0 Å². The summed E-state index contributed by atoms with van der Waals surface area (Å²) in [6, 6.07) is 5.74. The lowest BCUT2D eigenvalue weighted by atomic mass is 9.87. The van der Waals surface area contributed by atoms with Crippen LogP contribution in [0.5, 0.6) is 0 Å². The maximum absolute atomic E-state index is 12.6. The van der Waals surface area contributed by atoms with Gasteiger partial charge in [-0.05, 0) is 55.5 Å². The zero-order valence-corrected chi connectivity index (χ0v) is 13.6. The van der Waals surface area contributed by atoms with Gasteiger partial charge in [-0.3, -0.25) is 9.59 Å². The molecule has 1 N–H and O–H groups in total. The Balaban J connectivity index is 1.82. The molecule has 0 aliphatic carbocycles. The second kappa shape index (κ2) is 5.72. The number of fused-ring (bicyclic) bond motifs is 1. The number of likely N-dealkylation sites (tertiary alicyclic amines) is 1. The zero-order chi connectivity index (χ0) is 16.7. The Bertz CT molecular complexity index is 738. The summed E-state index contributed by atoms with van der Waals surface area (Å²) in [5.74, 6) is -1.04. The molecule has 122 valence electrons. The number of carboxylic acid groups (broad SMARTS) is 1.